The van der Waals surface area contributed by atoms with E-state index in [2.05, 4.69) is 39.8 Å². The monoisotopic (exact) mass is 386 g/mol. The molecule has 16 heteroatoms. The number of H-pyrrole nitrogens is 6. The van der Waals surface area contributed by atoms with Crippen molar-refractivity contribution in [3.63, 3.8) is 0 Å². The molecule has 0 amide bonds. The van der Waals surface area contributed by atoms with E-state index in [-0.39, 0.29) is 22.3 Å². The minimum atomic E-state index is -0.882. The Morgan fingerprint density at radius 3 is 1.25 bits per heavy atom. The van der Waals surface area contributed by atoms with Gasteiger partial charge in [-0.15, -0.1) is 9.91 Å². The van der Waals surface area contributed by atoms with Gasteiger partial charge in [-0.2, -0.15) is 13.1 Å². The zero-order chi connectivity index (χ0) is 20.6. The van der Waals surface area contributed by atoms with Crippen molar-refractivity contribution < 1.29 is 0 Å². The molecule has 4 aromatic rings. The summed E-state index contributed by atoms with van der Waals surface area (Å²) in [7, 11) is 0. The maximum absolute atomic E-state index is 11.3. The number of nitrogens with one attached hydrogen (secondary N) is 6. The van der Waals surface area contributed by atoms with Crippen LogP contribution in [0.4, 0.5) is 0 Å². The number of aromatic nitrogens is 8. The van der Waals surface area contributed by atoms with Crippen LogP contribution < -0.4 is 33.9 Å². The van der Waals surface area contributed by atoms with Gasteiger partial charge in [-0.05, 0) is 0 Å². The smallest absolute Gasteiger partial charge is 0.300 e. The zero-order valence-electron chi connectivity index (χ0n) is 13.2. The molecule has 0 saturated carbocycles. The third kappa shape index (κ3) is 2.74. The minimum Gasteiger partial charge on any atom is -0.300 e. The van der Waals surface area contributed by atoms with Crippen LogP contribution in [0.25, 0.3) is 32.2 Å². The van der Waals surface area contributed by atoms with Crippen molar-refractivity contribution in [3.05, 3.63) is 85.7 Å². The van der Waals surface area contributed by atoms with Crippen LogP contribution in [0.2, 0.25) is 0 Å². The van der Waals surface area contributed by atoms with Crippen molar-refractivity contribution in [2.75, 3.05) is 0 Å². The Balaban J connectivity index is 0.000000161. The molecular weight excluding hydrogens is 380 g/mol. The van der Waals surface area contributed by atoms with Gasteiger partial charge in [0, 0.05) is 0 Å². The summed E-state index contributed by atoms with van der Waals surface area (Å²) in [5.74, 6) is 0. The normalized spacial score (nSPS) is 10.2. The first-order valence-corrected chi connectivity index (χ1v) is 6.97. The van der Waals surface area contributed by atoms with Gasteiger partial charge < -0.3 is 0 Å². The molecule has 4 aromatic heterocycles. The van der Waals surface area contributed by atoms with Crippen LogP contribution in [-0.2, 0) is 0 Å². The third-order valence-electron chi connectivity index (χ3n) is 3.32. The molecule has 4 heterocycles. The highest BCUT2D eigenvalue weighted by atomic mass is 16.2. The van der Waals surface area contributed by atoms with E-state index in [1.54, 1.807) is 0 Å². The van der Waals surface area contributed by atoms with E-state index in [1.165, 1.54) is 0 Å². The van der Waals surface area contributed by atoms with Gasteiger partial charge in [-0.25, -0.2) is 19.2 Å². The second-order valence-corrected chi connectivity index (χ2v) is 4.95. The lowest BCUT2D eigenvalue weighted by molar-refractivity contribution is 0.891. The highest BCUT2D eigenvalue weighted by molar-refractivity contribution is 5.68. The molecule has 0 atom stereocenters. The molecule has 0 aliphatic rings. The van der Waals surface area contributed by atoms with Gasteiger partial charge in [-0.3, -0.25) is 39.5 Å². The van der Waals surface area contributed by atoms with Crippen LogP contribution in [0.3, 0.4) is 0 Å². The Morgan fingerprint density at radius 2 is 0.929 bits per heavy atom. The fourth-order valence-corrected chi connectivity index (χ4v) is 2.17. The summed E-state index contributed by atoms with van der Waals surface area (Å²) >= 11 is 0. The van der Waals surface area contributed by atoms with Crippen LogP contribution in [-0.4, -0.2) is 39.3 Å². The SMILES string of the molecule is [C-]#[N+]n1c(=O)[nH]c2[nH]c(=O)[nH]c2c1=O.[C-]#[N+]n1c(=O)[nH]c2[nH]c(=O)[nH]c2c1=O. The first-order chi connectivity index (χ1) is 13.3. The second-order valence-electron chi connectivity index (χ2n) is 4.95. The summed E-state index contributed by atoms with van der Waals surface area (Å²) < 4.78 is 0.595. The fourth-order valence-electron chi connectivity index (χ4n) is 2.17. The standard InChI is InChI=1S/2C6H3N5O3/c2*1-7-11-4(12)2-3(10-6(11)14)9-5(13)8-2/h2*(H,10,14)(H2,8,9,13). The van der Waals surface area contributed by atoms with Gasteiger partial charge in [-0.1, -0.05) is 0 Å². The van der Waals surface area contributed by atoms with Gasteiger partial charge in [0.15, 0.2) is 11.0 Å². The Hall–Kier alpha value is -5.12. The van der Waals surface area contributed by atoms with Crippen molar-refractivity contribution >= 4 is 22.3 Å². The molecule has 0 aliphatic heterocycles. The van der Waals surface area contributed by atoms with Gasteiger partial charge in [0.2, 0.25) is 0 Å². The van der Waals surface area contributed by atoms with Crippen molar-refractivity contribution in [2.24, 2.45) is 0 Å². The Kier molecular flexibility index (Phi) is 3.99. The fraction of sp³-hybridized carbons (Fsp3) is 0. The molecule has 6 N–H and O–H groups in total. The third-order valence-corrected chi connectivity index (χ3v) is 3.32. The lowest BCUT2D eigenvalue weighted by atomic mass is 10.5. The number of nitrogens with zero attached hydrogens (tertiary/aromatic N) is 4. The summed E-state index contributed by atoms with van der Waals surface area (Å²) in [5, 5.41) is 0. The molecule has 0 bridgehead atoms. The van der Waals surface area contributed by atoms with Crippen LogP contribution >= 0.6 is 0 Å². The predicted octanol–water partition coefficient (Wildman–Crippen LogP) is -3.22. The number of hydrogen-bond donors (Lipinski definition) is 6. The quantitative estimate of drug-likeness (QED) is 0.171. The lowest BCUT2D eigenvalue weighted by Gasteiger charge is -1.87. The molecule has 4 rings (SSSR count). The van der Waals surface area contributed by atoms with Crippen molar-refractivity contribution in [1.82, 2.24) is 39.3 Å². The summed E-state index contributed by atoms with van der Waals surface area (Å²) in [6.45, 7) is 13.1. The summed E-state index contributed by atoms with van der Waals surface area (Å²) in [6.07, 6.45) is 0. The number of hydrogen-bond acceptors (Lipinski definition) is 6. The molecule has 0 aliphatic carbocycles. The number of imidazole rings is 2. The molecule has 0 unspecified atom stereocenters. The van der Waals surface area contributed by atoms with Gasteiger partial charge >= 0.3 is 33.9 Å². The van der Waals surface area contributed by atoms with E-state index in [1.807, 2.05) is 0 Å². The van der Waals surface area contributed by atoms with E-state index >= 15 is 0 Å². The minimum absolute atomic E-state index is 0.00935. The molecule has 0 fully saturated rings. The summed E-state index contributed by atoms with van der Waals surface area (Å²) in [4.78, 5) is 84.9. The molecule has 16 nitrogen and oxygen atoms in total. The number of aromatic amines is 6. The Labute approximate surface area is 148 Å². The summed E-state index contributed by atoms with van der Waals surface area (Å²) in [5.41, 5.74) is -4.95. The Bertz CT molecular complexity index is 1540. The van der Waals surface area contributed by atoms with Crippen molar-refractivity contribution in [1.29, 1.82) is 0 Å². The maximum atomic E-state index is 11.3. The molecule has 28 heavy (non-hydrogen) atoms. The first kappa shape index (κ1) is 17.7. The maximum Gasteiger partial charge on any atom is 0.398 e. The Morgan fingerprint density at radius 1 is 0.571 bits per heavy atom. The second kappa shape index (κ2) is 6.31. The first-order valence-electron chi connectivity index (χ1n) is 6.97. The van der Waals surface area contributed by atoms with Gasteiger partial charge in [0.1, 0.15) is 11.3 Å². The topological polar surface area (TPSA) is 216 Å². The lowest BCUT2D eigenvalue weighted by Crippen LogP contribution is -2.30. The zero-order valence-corrected chi connectivity index (χ0v) is 13.2. The highest BCUT2D eigenvalue weighted by Gasteiger charge is 2.13. The molecule has 0 saturated heterocycles. The van der Waals surface area contributed by atoms with Crippen molar-refractivity contribution in [2.45, 2.75) is 0 Å². The van der Waals surface area contributed by atoms with Crippen LogP contribution in [0.1, 0.15) is 0 Å². The van der Waals surface area contributed by atoms with E-state index in [0.717, 1.165) is 0 Å². The molecule has 0 spiro atoms. The van der Waals surface area contributed by atoms with Crippen molar-refractivity contribution in [3.8, 4) is 0 Å². The number of rotatable bonds is 0. The molecule has 140 valence electrons. The predicted molar refractivity (Wildman–Crippen MR) is 91.6 cm³/mol. The molecule has 0 radical (unpaired) electrons. The van der Waals surface area contributed by atoms with Gasteiger partial charge in [0.05, 0.1) is 9.35 Å². The average Bonchev–Trinajstić information content (AvgIpc) is 3.18. The van der Waals surface area contributed by atoms with Crippen LogP contribution in [0.5, 0.6) is 0 Å². The van der Waals surface area contributed by atoms with E-state index in [4.69, 9.17) is 13.1 Å². The molecular formula is C12H6N10O6. The molecule has 0 aromatic carbocycles. The largest absolute Gasteiger partial charge is 0.398 e. The average molecular weight is 386 g/mol. The van der Waals surface area contributed by atoms with Crippen LogP contribution in [0.15, 0.2) is 28.8 Å². The summed E-state index contributed by atoms with van der Waals surface area (Å²) in [6, 6.07) is 0. The van der Waals surface area contributed by atoms with E-state index in [0.29, 0.717) is 9.35 Å². The highest BCUT2D eigenvalue weighted by Crippen LogP contribution is 1.92. The van der Waals surface area contributed by atoms with Crippen LogP contribution in [0, 0.1) is 13.1 Å². The number of fused-ring (bicyclic) bond motifs is 2. The van der Waals surface area contributed by atoms with E-state index in [9.17, 15) is 28.8 Å². The van der Waals surface area contributed by atoms with E-state index < -0.39 is 33.9 Å². The van der Waals surface area contributed by atoms with Gasteiger partial charge in [0.25, 0.3) is 0 Å².